The SMILES string of the molecule is N.O=C1NCCS1. The minimum atomic E-state index is 0. The van der Waals surface area contributed by atoms with Crippen LogP contribution in [0, 0.1) is 0 Å². The summed E-state index contributed by atoms with van der Waals surface area (Å²) in [5.74, 6) is 0.943. The van der Waals surface area contributed by atoms with Gasteiger partial charge in [-0.15, -0.1) is 0 Å². The van der Waals surface area contributed by atoms with Crippen molar-refractivity contribution in [3.05, 3.63) is 0 Å². The summed E-state index contributed by atoms with van der Waals surface area (Å²) in [6.45, 7) is 0.851. The van der Waals surface area contributed by atoms with E-state index in [1.54, 1.807) is 0 Å². The van der Waals surface area contributed by atoms with E-state index < -0.39 is 0 Å². The van der Waals surface area contributed by atoms with Gasteiger partial charge >= 0.3 is 0 Å². The number of thioether (sulfide) groups is 1. The van der Waals surface area contributed by atoms with Gasteiger partial charge in [0.1, 0.15) is 0 Å². The zero-order valence-electron chi connectivity index (χ0n) is 3.94. The molecular weight excluding hydrogens is 112 g/mol. The van der Waals surface area contributed by atoms with Gasteiger partial charge in [0.2, 0.25) is 0 Å². The standard InChI is InChI=1S/C3H5NOS.H3N/c5-3-4-1-2-6-3;/h1-2H2,(H,4,5);1H3. The molecule has 0 atom stereocenters. The fraction of sp³-hybridized carbons (Fsp3) is 0.667. The van der Waals surface area contributed by atoms with Crippen LogP contribution < -0.4 is 11.5 Å². The third kappa shape index (κ3) is 1.80. The summed E-state index contributed by atoms with van der Waals surface area (Å²) in [6.07, 6.45) is 0. The molecule has 0 bridgehead atoms. The van der Waals surface area contributed by atoms with Crippen molar-refractivity contribution in [1.82, 2.24) is 11.5 Å². The van der Waals surface area contributed by atoms with Crippen LogP contribution in [-0.4, -0.2) is 17.5 Å². The van der Waals surface area contributed by atoms with E-state index in [9.17, 15) is 4.79 Å². The second-order valence-corrected chi connectivity index (χ2v) is 2.13. The molecule has 0 spiro atoms. The zero-order chi connectivity index (χ0) is 4.41. The predicted octanol–water partition coefficient (Wildman–Crippen LogP) is 0.605. The Morgan fingerprint density at radius 2 is 2.43 bits per heavy atom. The summed E-state index contributed by atoms with van der Waals surface area (Å²) < 4.78 is 0. The highest BCUT2D eigenvalue weighted by molar-refractivity contribution is 8.13. The number of carbonyl (C=O) groups excluding carboxylic acids is 1. The van der Waals surface area contributed by atoms with E-state index >= 15 is 0 Å². The first-order chi connectivity index (χ1) is 2.89. The van der Waals surface area contributed by atoms with Crippen LogP contribution in [0.5, 0.6) is 0 Å². The monoisotopic (exact) mass is 120 g/mol. The highest BCUT2D eigenvalue weighted by Gasteiger charge is 2.06. The second-order valence-electron chi connectivity index (χ2n) is 1.06. The Morgan fingerprint density at radius 3 is 2.57 bits per heavy atom. The van der Waals surface area contributed by atoms with Crippen molar-refractivity contribution in [2.75, 3.05) is 12.3 Å². The highest BCUT2D eigenvalue weighted by atomic mass is 32.2. The maximum Gasteiger partial charge on any atom is 0.279 e. The molecule has 3 nitrogen and oxygen atoms in total. The molecule has 0 unspecified atom stereocenters. The van der Waals surface area contributed by atoms with E-state index in [1.807, 2.05) is 0 Å². The Labute approximate surface area is 46.4 Å². The molecule has 0 radical (unpaired) electrons. The Bertz CT molecular complexity index is 67.3. The lowest BCUT2D eigenvalue weighted by molar-refractivity contribution is 0.262. The predicted molar refractivity (Wildman–Crippen MR) is 30.9 cm³/mol. The van der Waals surface area contributed by atoms with Gasteiger partial charge in [-0.05, 0) is 0 Å². The lowest BCUT2D eigenvalue weighted by atomic mass is 10.8. The van der Waals surface area contributed by atoms with Crippen molar-refractivity contribution in [2.45, 2.75) is 0 Å². The highest BCUT2D eigenvalue weighted by Crippen LogP contribution is 2.04. The Hall–Kier alpha value is -0.220. The van der Waals surface area contributed by atoms with Crippen LogP contribution in [0.25, 0.3) is 0 Å². The normalized spacial score (nSPS) is 18.0. The van der Waals surface area contributed by atoms with Gasteiger partial charge in [-0.2, -0.15) is 0 Å². The molecule has 1 heterocycles. The fourth-order valence-electron chi connectivity index (χ4n) is 0.348. The average molecular weight is 120 g/mol. The second kappa shape index (κ2) is 2.87. The molecule has 0 aliphatic carbocycles. The Morgan fingerprint density at radius 1 is 1.71 bits per heavy atom. The summed E-state index contributed by atoms with van der Waals surface area (Å²) in [6, 6.07) is 0. The van der Waals surface area contributed by atoms with Gasteiger partial charge in [0, 0.05) is 12.3 Å². The molecule has 4 heteroatoms. The van der Waals surface area contributed by atoms with Gasteiger partial charge in [0.05, 0.1) is 0 Å². The number of rotatable bonds is 0. The maximum atomic E-state index is 10.1. The lowest BCUT2D eigenvalue weighted by Crippen LogP contribution is -2.10. The third-order valence-electron chi connectivity index (χ3n) is 0.605. The molecule has 4 N–H and O–H groups in total. The van der Waals surface area contributed by atoms with Crippen molar-refractivity contribution in [3.63, 3.8) is 0 Å². The largest absolute Gasteiger partial charge is 0.346 e. The van der Waals surface area contributed by atoms with Crippen LogP contribution in [-0.2, 0) is 0 Å². The summed E-state index contributed by atoms with van der Waals surface area (Å²) in [5, 5.41) is 2.76. The summed E-state index contributed by atoms with van der Waals surface area (Å²) >= 11 is 1.35. The first-order valence-electron chi connectivity index (χ1n) is 1.80. The van der Waals surface area contributed by atoms with E-state index in [0.717, 1.165) is 12.3 Å². The van der Waals surface area contributed by atoms with Crippen molar-refractivity contribution in [3.8, 4) is 0 Å². The van der Waals surface area contributed by atoms with E-state index in [0.29, 0.717) is 0 Å². The molecule has 1 saturated heterocycles. The van der Waals surface area contributed by atoms with Gasteiger partial charge < -0.3 is 11.5 Å². The molecule has 1 fully saturated rings. The average Bonchev–Trinajstić information content (AvgIpc) is 1.86. The van der Waals surface area contributed by atoms with Crippen LogP contribution >= 0.6 is 11.8 Å². The molecule has 1 aliphatic heterocycles. The van der Waals surface area contributed by atoms with Crippen LogP contribution in [0.15, 0.2) is 0 Å². The first kappa shape index (κ1) is 6.78. The van der Waals surface area contributed by atoms with Crippen molar-refractivity contribution in [2.24, 2.45) is 0 Å². The van der Waals surface area contributed by atoms with Crippen LogP contribution in [0.1, 0.15) is 0 Å². The summed E-state index contributed by atoms with van der Waals surface area (Å²) in [5.41, 5.74) is 0. The van der Waals surface area contributed by atoms with Crippen LogP contribution in [0.2, 0.25) is 0 Å². The molecule has 0 aromatic rings. The van der Waals surface area contributed by atoms with Gasteiger partial charge in [0.15, 0.2) is 0 Å². The number of nitrogens with one attached hydrogen (secondary N) is 1. The molecule has 1 rings (SSSR count). The van der Waals surface area contributed by atoms with Gasteiger partial charge in [-0.25, -0.2) is 0 Å². The van der Waals surface area contributed by atoms with Crippen LogP contribution in [0.4, 0.5) is 4.79 Å². The maximum absolute atomic E-state index is 10.1. The topological polar surface area (TPSA) is 64.1 Å². The zero-order valence-corrected chi connectivity index (χ0v) is 4.75. The Kier molecular flexibility index (Phi) is 2.78. The molecule has 7 heavy (non-hydrogen) atoms. The van der Waals surface area contributed by atoms with Crippen LogP contribution in [0.3, 0.4) is 0 Å². The number of hydrogen-bond donors (Lipinski definition) is 2. The number of hydrogen-bond acceptors (Lipinski definition) is 3. The molecular formula is C3H8N2OS. The van der Waals surface area contributed by atoms with E-state index in [4.69, 9.17) is 0 Å². The number of carbonyl (C=O) groups is 1. The molecule has 0 aromatic carbocycles. The van der Waals surface area contributed by atoms with Crippen molar-refractivity contribution < 1.29 is 4.79 Å². The molecule has 1 amide bonds. The molecule has 0 aromatic heterocycles. The molecule has 1 aliphatic rings. The van der Waals surface area contributed by atoms with Gasteiger partial charge in [0.25, 0.3) is 5.24 Å². The first-order valence-corrected chi connectivity index (χ1v) is 2.79. The quantitative estimate of drug-likeness (QED) is 0.492. The lowest BCUT2D eigenvalue weighted by Gasteiger charge is -1.78. The van der Waals surface area contributed by atoms with Gasteiger partial charge in [-0.1, -0.05) is 11.8 Å². The minimum absolute atomic E-state index is 0. The van der Waals surface area contributed by atoms with E-state index in [1.165, 1.54) is 11.8 Å². The molecule has 42 valence electrons. The minimum Gasteiger partial charge on any atom is -0.346 e. The fourth-order valence-corrected chi connectivity index (χ4v) is 0.941. The molecule has 0 saturated carbocycles. The smallest absolute Gasteiger partial charge is 0.279 e. The van der Waals surface area contributed by atoms with Gasteiger partial charge in [-0.3, -0.25) is 4.79 Å². The van der Waals surface area contributed by atoms with Crippen molar-refractivity contribution >= 4 is 17.0 Å². The van der Waals surface area contributed by atoms with E-state index in [2.05, 4.69) is 5.32 Å². The summed E-state index contributed by atoms with van der Waals surface area (Å²) in [4.78, 5) is 10.1. The third-order valence-corrected chi connectivity index (χ3v) is 1.42. The Balaban J connectivity index is 0.000000360. The summed E-state index contributed by atoms with van der Waals surface area (Å²) in [7, 11) is 0. The van der Waals surface area contributed by atoms with E-state index in [-0.39, 0.29) is 11.4 Å². The number of amides is 1. The van der Waals surface area contributed by atoms with Crippen molar-refractivity contribution in [1.29, 1.82) is 0 Å².